The fraction of sp³-hybridized carbons (Fsp3) is 1.00. The van der Waals surface area contributed by atoms with E-state index in [0.717, 1.165) is 32.0 Å². The maximum atomic E-state index is 6.45. The highest BCUT2D eigenvalue weighted by Crippen LogP contribution is 2.29. The lowest BCUT2D eigenvalue weighted by Crippen LogP contribution is -2.51. The standard InChI is InChI=1S/C14H28N2O/c1-12-4-2-7-14(15,10-12)11-16-8-6-13-5-3-9-17-13/h12-13,16H,2-11,15H2,1H3. The molecule has 3 N–H and O–H groups in total. The Hall–Kier alpha value is -0.120. The number of hydrogen-bond acceptors (Lipinski definition) is 3. The first-order valence-corrected chi connectivity index (χ1v) is 7.29. The van der Waals surface area contributed by atoms with E-state index in [4.69, 9.17) is 10.5 Å². The zero-order valence-electron chi connectivity index (χ0n) is 11.2. The van der Waals surface area contributed by atoms with Crippen LogP contribution in [-0.4, -0.2) is 31.3 Å². The average molecular weight is 240 g/mol. The molecular weight excluding hydrogens is 212 g/mol. The topological polar surface area (TPSA) is 47.3 Å². The molecule has 1 saturated heterocycles. The average Bonchev–Trinajstić information content (AvgIpc) is 2.77. The van der Waals surface area contributed by atoms with Crippen molar-refractivity contribution in [3.63, 3.8) is 0 Å². The van der Waals surface area contributed by atoms with E-state index in [1.807, 2.05) is 0 Å². The quantitative estimate of drug-likeness (QED) is 0.723. The highest BCUT2D eigenvalue weighted by atomic mass is 16.5. The van der Waals surface area contributed by atoms with Crippen molar-refractivity contribution < 1.29 is 4.74 Å². The number of nitrogens with two attached hydrogens (primary N) is 1. The van der Waals surface area contributed by atoms with Gasteiger partial charge in [-0.2, -0.15) is 0 Å². The fourth-order valence-electron chi connectivity index (χ4n) is 3.33. The Bertz CT molecular complexity index is 228. The van der Waals surface area contributed by atoms with Gasteiger partial charge in [-0.3, -0.25) is 0 Å². The summed E-state index contributed by atoms with van der Waals surface area (Å²) in [5, 5.41) is 3.54. The zero-order chi connectivity index (χ0) is 12.1. The second kappa shape index (κ2) is 6.17. The zero-order valence-corrected chi connectivity index (χ0v) is 11.2. The van der Waals surface area contributed by atoms with Crippen LogP contribution in [0.2, 0.25) is 0 Å². The molecule has 1 heterocycles. The Kier molecular flexibility index (Phi) is 4.83. The van der Waals surface area contributed by atoms with E-state index in [1.165, 1.54) is 38.5 Å². The van der Waals surface area contributed by atoms with Crippen LogP contribution in [0.3, 0.4) is 0 Å². The number of rotatable bonds is 5. The first-order chi connectivity index (χ1) is 8.18. The summed E-state index contributed by atoms with van der Waals surface area (Å²) >= 11 is 0. The summed E-state index contributed by atoms with van der Waals surface area (Å²) in [4.78, 5) is 0. The lowest BCUT2D eigenvalue weighted by atomic mass is 9.77. The van der Waals surface area contributed by atoms with Gasteiger partial charge < -0.3 is 15.8 Å². The van der Waals surface area contributed by atoms with Crippen molar-refractivity contribution in [2.45, 2.75) is 63.5 Å². The molecule has 3 unspecified atom stereocenters. The molecule has 2 aliphatic rings. The van der Waals surface area contributed by atoms with Crippen molar-refractivity contribution in [1.82, 2.24) is 5.32 Å². The summed E-state index contributed by atoms with van der Waals surface area (Å²) in [5.74, 6) is 0.800. The molecule has 1 aliphatic heterocycles. The monoisotopic (exact) mass is 240 g/mol. The molecule has 17 heavy (non-hydrogen) atoms. The SMILES string of the molecule is CC1CCCC(N)(CNCCC2CCCO2)C1. The Morgan fingerprint density at radius 2 is 2.24 bits per heavy atom. The lowest BCUT2D eigenvalue weighted by molar-refractivity contribution is 0.103. The van der Waals surface area contributed by atoms with Gasteiger partial charge in [0.25, 0.3) is 0 Å². The first kappa shape index (κ1) is 13.3. The molecule has 0 aromatic carbocycles. The molecule has 1 saturated carbocycles. The summed E-state index contributed by atoms with van der Waals surface area (Å²) in [6.07, 6.45) is 9.15. The van der Waals surface area contributed by atoms with Gasteiger partial charge in [-0.25, -0.2) is 0 Å². The second-order valence-corrected chi connectivity index (χ2v) is 6.16. The Balaban J connectivity index is 1.60. The molecule has 0 amide bonds. The second-order valence-electron chi connectivity index (χ2n) is 6.16. The van der Waals surface area contributed by atoms with Crippen LogP contribution in [0.5, 0.6) is 0 Å². The van der Waals surface area contributed by atoms with E-state index >= 15 is 0 Å². The summed E-state index contributed by atoms with van der Waals surface area (Å²) in [7, 11) is 0. The van der Waals surface area contributed by atoms with Crippen LogP contribution in [-0.2, 0) is 4.74 Å². The third-order valence-electron chi connectivity index (χ3n) is 4.27. The van der Waals surface area contributed by atoms with Crippen LogP contribution < -0.4 is 11.1 Å². The van der Waals surface area contributed by atoms with E-state index in [0.29, 0.717) is 6.10 Å². The number of ether oxygens (including phenoxy) is 1. The van der Waals surface area contributed by atoms with E-state index in [2.05, 4.69) is 12.2 Å². The van der Waals surface area contributed by atoms with Crippen LogP contribution in [0.25, 0.3) is 0 Å². The molecule has 2 rings (SSSR count). The predicted octanol–water partition coefficient (Wildman–Crippen LogP) is 2.05. The summed E-state index contributed by atoms with van der Waals surface area (Å²) in [6, 6.07) is 0. The molecule has 2 fully saturated rings. The van der Waals surface area contributed by atoms with Crippen molar-refractivity contribution in [3.05, 3.63) is 0 Å². The van der Waals surface area contributed by atoms with Gasteiger partial charge in [0, 0.05) is 18.7 Å². The van der Waals surface area contributed by atoms with Gasteiger partial charge in [0.2, 0.25) is 0 Å². The summed E-state index contributed by atoms with van der Waals surface area (Å²) in [5.41, 5.74) is 6.50. The molecule has 100 valence electrons. The van der Waals surface area contributed by atoms with Crippen LogP contribution >= 0.6 is 0 Å². The van der Waals surface area contributed by atoms with Crippen LogP contribution in [0, 0.1) is 5.92 Å². The maximum Gasteiger partial charge on any atom is 0.0588 e. The smallest absolute Gasteiger partial charge is 0.0588 e. The Morgan fingerprint density at radius 1 is 1.35 bits per heavy atom. The van der Waals surface area contributed by atoms with Gasteiger partial charge in [0.05, 0.1) is 6.10 Å². The minimum atomic E-state index is 0.0498. The normalized spacial score (nSPS) is 38.5. The van der Waals surface area contributed by atoms with Crippen molar-refractivity contribution in [3.8, 4) is 0 Å². The number of nitrogens with one attached hydrogen (secondary N) is 1. The lowest BCUT2D eigenvalue weighted by Gasteiger charge is -2.37. The first-order valence-electron chi connectivity index (χ1n) is 7.29. The largest absolute Gasteiger partial charge is 0.378 e. The molecule has 3 heteroatoms. The van der Waals surface area contributed by atoms with Crippen molar-refractivity contribution in [1.29, 1.82) is 0 Å². The molecule has 0 radical (unpaired) electrons. The van der Waals surface area contributed by atoms with E-state index < -0.39 is 0 Å². The molecular formula is C14H28N2O. The Labute approximate surface area is 105 Å². The van der Waals surface area contributed by atoms with Gasteiger partial charge in [0.1, 0.15) is 0 Å². The third-order valence-corrected chi connectivity index (χ3v) is 4.27. The predicted molar refractivity (Wildman–Crippen MR) is 71.0 cm³/mol. The maximum absolute atomic E-state index is 6.45. The molecule has 3 nitrogen and oxygen atoms in total. The fourth-order valence-corrected chi connectivity index (χ4v) is 3.33. The number of hydrogen-bond donors (Lipinski definition) is 2. The van der Waals surface area contributed by atoms with Crippen molar-refractivity contribution >= 4 is 0 Å². The van der Waals surface area contributed by atoms with Gasteiger partial charge >= 0.3 is 0 Å². The molecule has 0 aromatic heterocycles. The highest BCUT2D eigenvalue weighted by Gasteiger charge is 2.30. The van der Waals surface area contributed by atoms with Crippen LogP contribution in [0.1, 0.15) is 51.9 Å². The van der Waals surface area contributed by atoms with E-state index in [9.17, 15) is 0 Å². The molecule has 0 spiro atoms. The van der Waals surface area contributed by atoms with E-state index in [1.54, 1.807) is 0 Å². The van der Waals surface area contributed by atoms with E-state index in [-0.39, 0.29) is 5.54 Å². The molecule has 1 aliphatic carbocycles. The Morgan fingerprint density at radius 3 is 2.94 bits per heavy atom. The minimum Gasteiger partial charge on any atom is -0.378 e. The molecule has 0 aromatic rings. The minimum absolute atomic E-state index is 0.0498. The molecule has 3 atom stereocenters. The summed E-state index contributed by atoms with van der Waals surface area (Å²) < 4.78 is 5.62. The van der Waals surface area contributed by atoms with Crippen molar-refractivity contribution in [2.75, 3.05) is 19.7 Å². The van der Waals surface area contributed by atoms with Gasteiger partial charge in [0.15, 0.2) is 0 Å². The molecule has 0 bridgehead atoms. The highest BCUT2D eigenvalue weighted by molar-refractivity contribution is 4.91. The van der Waals surface area contributed by atoms with Crippen LogP contribution in [0.4, 0.5) is 0 Å². The third kappa shape index (κ3) is 4.23. The van der Waals surface area contributed by atoms with Gasteiger partial charge in [-0.15, -0.1) is 0 Å². The van der Waals surface area contributed by atoms with Gasteiger partial charge in [-0.1, -0.05) is 19.8 Å². The van der Waals surface area contributed by atoms with Crippen molar-refractivity contribution in [2.24, 2.45) is 11.7 Å². The summed E-state index contributed by atoms with van der Waals surface area (Å²) in [6.45, 7) is 5.32. The van der Waals surface area contributed by atoms with Crippen LogP contribution in [0.15, 0.2) is 0 Å². The van der Waals surface area contributed by atoms with Gasteiger partial charge in [-0.05, 0) is 44.6 Å².